The van der Waals surface area contributed by atoms with Crippen molar-refractivity contribution >= 4 is 43.1 Å². The van der Waals surface area contributed by atoms with Gasteiger partial charge in [0.05, 0.1) is 7.11 Å². The minimum atomic E-state index is -1.65. The summed E-state index contributed by atoms with van der Waals surface area (Å²) in [4.78, 5) is 38.1. The highest BCUT2D eigenvalue weighted by Crippen LogP contribution is 2.10. The van der Waals surface area contributed by atoms with Gasteiger partial charge in [-0.25, -0.2) is 9.59 Å². The van der Waals surface area contributed by atoms with Gasteiger partial charge in [-0.1, -0.05) is 48.5 Å². The highest BCUT2D eigenvalue weighted by atomic mass is 16.6. The van der Waals surface area contributed by atoms with Crippen LogP contribution in [-0.4, -0.2) is 77.1 Å². The molecule has 6 N–H and O–H groups in total. The van der Waals surface area contributed by atoms with E-state index in [0.717, 1.165) is 0 Å². The monoisotopic (exact) mass is 514 g/mol. The van der Waals surface area contributed by atoms with Gasteiger partial charge in [0, 0.05) is 12.8 Å². The van der Waals surface area contributed by atoms with Crippen LogP contribution in [0.15, 0.2) is 48.5 Å². The third-order valence-electron chi connectivity index (χ3n) is 5.25. The highest BCUT2D eigenvalue weighted by Gasteiger charge is 2.29. The number of hydrogen-bond acceptors (Lipinski definition) is 9. The van der Waals surface area contributed by atoms with Gasteiger partial charge in [0.2, 0.25) is 5.91 Å². The molecule has 0 spiro atoms. The zero-order valence-electron chi connectivity index (χ0n) is 21.2. The zero-order valence-corrected chi connectivity index (χ0v) is 21.2. The molecule has 0 saturated heterocycles. The smallest absolute Gasteiger partial charge is 0.467 e. The first-order valence-electron chi connectivity index (χ1n) is 11.6. The van der Waals surface area contributed by atoms with Gasteiger partial charge >= 0.3 is 26.3 Å². The topological polar surface area (TPSA) is 175 Å². The van der Waals surface area contributed by atoms with Crippen LogP contribution in [0.1, 0.15) is 31.9 Å². The van der Waals surface area contributed by atoms with Crippen LogP contribution in [0.3, 0.4) is 0 Å². The first-order chi connectivity index (χ1) is 17.3. The Hall–Kier alpha value is -3.38. The molecular formula is C24H32B2N2O9. The van der Waals surface area contributed by atoms with Gasteiger partial charge in [0.1, 0.15) is 17.7 Å². The van der Waals surface area contributed by atoms with Crippen LogP contribution in [-0.2, 0) is 31.9 Å². The maximum absolute atomic E-state index is 13.3. The quantitative estimate of drug-likeness (QED) is 0.161. The van der Waals surface area contributed by atoms with Gasteiger partial charge in [0.25, 0.3) is 0 Å². The largest absolute Gasteiger partial charge is 0.488 e. The lowest BCUT2D eigenvalue weighted by atomic mass is 9.80. The van der Waals surface area contributed by atoms with Crippen LogP contribution < -0.4 is 21.6 Å². The molecule has 1 unspecified atom stereocenters. The number of rotatable bonds is 10. The number of amides is 2. The lowest BCUT2D eigenvalue weighted by Gasteiger charge is -2.25. The van der Waals surface area contributed by atoms with E-state index in [1.54, 1.807) is 45.0 Å². The van der Waals surface area contributed by atoms with Crippen LogP contribution in [0.5, 0.6) is 0 Å². The van der Waals surface area contributed by atoms with E-state index >= 15 is 0 Å². The van der Waals surface area contributed by atoms with Crippen LogP contribution >= 0.6 is 0 Å². The van der Waals surface area contributed by atoms with Gasteiger partial charge in [0.15, 0.2) is 0 Å². The standard InChI is InChI=1S/C24H32B2N2O9/c1-24(2,3)37-23(31)28-19(13-15-5-9-17(10-6-15)25(32)33)21(29)27-20(22(30)36-4)14-16-7-11-18(12-8-16)26(34)35/h5-12,19-20,32-35H,13-14H2,1-4H3,(H,27,29)(H,28,31)/t19?,20-/m0/s1. The molecule has 11 nitrogen and oxygen atoms in total. The first-order valence-corrected chi connectivity index (χ1v) is 11.6. The Bertz CT molecular complexity index is 1060. The fourth-order valence-corrected chi connectivity index (χ4v) is 3.39. The van der Waals surface area contributed by atoms with Gasteiger partial charge in [-0.05, 0) is 42.8 Å². The molecule has 0 aromatic heterocycles. The SMILES string of the molecule is COC(=O)[C@H](Cc1ccc(B(O)O)cc1)NC(=O)C(Cc1ccc(B(O)O)cc1)NC(=O)OC(C)(C)C. The Labute approximate surface area is 216 Å². The third-order valence-corrected chi connectivity index (χ3v) is 5.25. The van der Waals surface area contributed by atoms with Gasteiger partial charge < -0.3 is 40.2 Å². The number of alkyl carbamates (subject to hydrolysis) is 1. The maximum Gasteiger partial charge on any atom is 0.488 e. The van der Waals surface area contributed by atoms with Gasteiger partial charge in [-0.3, -0.25) is 4.79 Å². The Kier molecular flexibility index (Phi) is 10.7. The van der Waals surface area contributed by atoms with E-state index in [4.69, 9.17) is 9.47 Å². The third kappa shape index (κ3) is 9.89. The predicted molar refractivity (Wildman–Crippen MR) is 137 cm³/mol. The number of hydrogen-bond donors (Lipinski definition) is 6. The molecule has 37 heavy (non-hydrogen) atoms. The van der Waals surface area contributed by atoms with Crippen molar-refractivity contribution < 1.29 is 44.0 Å². The number of methoxy groups -OCH3 is 1. The first kappa shape index (κ1) is 29.8. The molecule has 0 saturated carbocycles. The van der Waals surface area contributed by atoms with Crippen LogP contribution in [0.2, 0.25) is 0 Å². The molecule has 0 aliphatic heterocycles. The van der Waals surface area contributed by atoms with Crippen molar-refractivity contribution in [2.24, 2.45) is 0 Å². The summed E-state index contributed by atoms with van der Waals surface area (Å²) < 4.78 is 10.1. The summed E-state index contributed by atoms with van der Waals surface area (Å²) in [6.45, 7) is 5.03. The number of carbonyl (C=O) groups excluding carboxylic acids is 3. The molecule has 0 radical (unpaired) electrons. The van der Waals surface area contributed by atoms with Crippen molar-refractivity contribution in [2.75, 3.05) is 7.11 Å². The van der Waals surface area contributed by atoms with E-state index < -0.39 is 49.9 Å². The molecule has 13 heteroatoms. The van der Waals surface area contributed by atoms with Crippen LogP contribution in [0, 0.1) is 0 Å². The van der Waals surface area contributed by atoms with Crippen molar-refractivity contribution in [1.29, 1.82) is 0 Å². The zero-order chi connectivity index (χ0) is 27.8. The highest BCUT2D eigenvalue weighted by molar-refractivity contribution is 6.58. The second-order valence-electron chi connectivity index (χ2n) is 9.42. The minimum Gasteiger partial charge on any atom is -0.467 e. The van der Waals surface area contributed by atoms with Crippen molar-refractivity contribution in [3.05, 3.63) is 59.7 Å². The van der Waals surface area contributed by atoms with Crippen molar-refractivity contribution in [3.63, 3.8) is 0 Å². The van der Waals surface area contributed by atoms with E-state index in [9.17, 15) is 34.5 Å². The molecule has 0 bridgehead atoms. The maximum atomic E-state index is 13.3. The van der Waals surface area contributed by atoms with Crippen molar-refractivity contribution in [3.8, 4) is 0 Å². The van der Waals surface area contributed by atoms with E-state index in [2.05, 4.69) is 10.6 Å². The second-order valence-corrected chi connectivity index (χ2v) is 9.42. The van der Waals surface area contributed by atoms with E-state index in [0.29, 0.717) is 11.1 Å². The summed E-state index contributed by atoms with van der Waals surface area (Å²) in [7, 11) is -2.11. The second kappa shape index (κ2) is 13.2. The van der Waals surface area contributed by atoms with E-state index in [1.165, 1.54) is 31.4 Å². The Balaban J connectivity index is 2.24. The van der Waals surface area contributed by atoms with Crippen molar-refractivity contribution in [2.45, 2.75) is 51.3 Å². The molecule has 198 valence electrons. The van der Waals surface area contributed by atoms with E-state index in [-0.39, 0.29) is 23.8 Å². The fourth-order valence-electron chi connectivity index (χ4n) is 3.39. The summed E-state index contributed by atoms with van der Waals surface area (Å²) in [6.07, 6.45) is -0.769. The lowest BCUT2D eigenvalue weighted by Crippen LogP contribution is -2.54. The Morgan fingerprint density at radius 1 is 0.784 bits per heavy atom. The number of esters is 1. The van der Waals surface area contributed by atoms with Crippen molar-refractivity contribution in [1.82, 2.24) is 10.6 Å². The van der Waals surface area contributed by atoms with Crippen LogP contribution in [0.25, 0.3) is 0 Å². The minimum absolute atomic E-state index is 0.0177. The number of carbonyl (C=O) groups is 3. The van der Waals surface area contributed by atoms with Gasteiger partial charge in [-0.2, -0.15) is 0 Å². The molecule has 2 atom stereocenters. The molecule has 0 fully saturated rings. The fraction of sp³-hybridized carbons (Fsp3) is 0.375. The molecule has 2 amide bonds. The molecule has 2 aromatic rings. The molecular weight excluding hydrogens is 482 g/mol. The number of ether oxygens (including phenoxy) is 2. The average molecular weight is 514 g/mol. The Morgan fingerprint density at radius 2 is 1.22 bits per heavy atom. The summed E-state index contributed by atoms with van der Waals surface area (Å²) in [6, 6.07) is 10.0. The van der Waals surface area contributed by atoms with Gasteiger partial charge in [-0.15, -0.1) is 0 Å². The normalized spacial score (nSPS) is 12.6. The summed E-state index contributed by atoms with van der Waals surface area (Å²) in [5, 5.41) is 42.3. The predicted octanol–water partition coefficient (Wildman–Crippen LogP) is -1.62. The van der Waals surface area contributed by atoms with E-state index in [1.807, 2.05) is 0 Å². The lowest BCUT2D eigenvalue weighted by molar-refractivity contribution is -0.145. The summed E-state index contributed by atoms with van der Waals surface area (Å²) >= 11 is 0. The summed E-state index contributed by atoms with van der Waals surface area (Å²) in [5.74, 6) is -1.38. The molecule has 0 heterocycles. The van der Waals surface area contributed by atoms with Crippen LogP contribution in [0.4, 0.5) is 4.79 Å². The molecule has 0 aliphatic rings. The molecule has 2 rings (SSSR count). The summed E-state index contributed by atoms with van der Waals surface area (Å²) in [5.41, 5.74) is 0.940. The Morgan fingerprint density at radius 3 is 1.59 bits per heavy atom. The average Bonchev–Trinajstić information content (AvgIpc) is 2.82. The molecule has 2 aromatic carbocycles. The number of benzene rings is 2. The number of nitrogens with one attached hydrogen (secondary N) is 2. The molecule has 0 aliphatic carbocycles.